The lowest BCUT2D eigenvalue weighted by Gasteiger charge is -2.60. The summed E-state index contributed by atoms with van der Waals surface area (Å²) in [6.45, 7) is 4.51. The van der Waals surface area contributed by atoms with Crippen LogP contribution in [0.15, 0.2) is 24.3 Å². The van der Waals surface area contributed by atoms with Crippen LogP contribution in [0.4, 0.5) is 10.5 Å². The van der Waals surface area contributed by atoms with Gasteiger partial charge in [0.05, 0.1) is 32.5 Å². The minimum absolute atomic E-state index is 0.0228. The first-order chi connectivity index (χ1) is 17.7. The summed E-state index contributed by atoms with van der Waals surface area (Å²) in [5, 5.41) is 34.1. The smallest absolute Gasteiger partial charge is 0.411 e. The second-order valence-corrected chi connectivity index (χ2v) is 11.5. The molecule has 3 aliphatic rings. The van der Waals surface area contributed by atoms with Crippen molar-refractivity contribution in [1.29, 1.82) is 0 Å². The number of nitrogens with one attached hydrogen (secondary N) is 1. The van der Waals surface area contributed by atoms with E-state index in [1.54, 1.807) is 36.3 Å². The number of carbonyl (C=O) groups is 2. The number of hydrogen-bond donors (Lipinski definition) is 4. The molecule has 2 aliphatic carbocycles. The Morgan fingerprint density at radius 1 is 1.11 bits per heavy atom. The Kier molecular flexibility index (Phi) is 8.35. The molecule has 37 heavy (non-hydrogen) atoms. The monoisotopic (exact) mass is 518 g/mol. The Bertz CT molecular complexity index is 956. The highest BCUT2D eigenvalue weighted by Gasteiger charge is 2.60. The first-order valence-corrected chi connectivity index (χ1v) is 13.5. The normalized spacial score (nSPS) is 35.5. The van der Waals surface area contributed by atoms with Gasteiger partial charge in [-0.3, -0.25) is 10.1 Å². The zero-order valence-electron chi connectivity index (χ0n) is 22.2. The van der Waals surface area contributed by atoms with Crippen LogP contribution in [0, 0.1) is 22.7 Å². The first-order valence-electron chi connectivity index (χ1n) is 13.5. The minimum Gasteiger partial charge on any atom is -0.497 e. The van der Waals surface area contributed by atoms with E-state index in [0.717, 1.165) is 12.8 Å². The van der Waals surface area contributed by atoms with E-state index < -0.39 is 29.1 Å². The van der Waals surface area contributed by atoms with Crippen LogP contribution >= 0.6 is 0 Å². The average Bonchev–Trinajstić information content (AvgIpc) is 3.37. The van der Waals surface area contributed by atoms with Gasteiger partial charge in [-0.05, 0) is 80.0 Å². The molecule has 3 fully saturated rings. The van der Waals surface area contributed by atoms with E-state index in [1.165, 1.54) is 0 Å². The van der Waals surface area contributed by atoms with Crippen LogP contribution in [0.25, 0.3) is 0 Å². The summed E-state index contributed by atoms with van der Waals surface area (Å²) >= 11 is 0. The number of aliphatic hydroxyl groups excluding tert-OH is 3. The molecule has 0 unspecified atom stereocenters. The van der Waals surface area contributed by atoms with Gasteiger partial charge in [0.15, 0.2) is 0 Å². The third-order valence-corrected chi connectivity index (χ3v) is 9.56. The lowest BCUT2D eigenvalue weighted by molar-refractivity contribution is -0.186. The maximum Gasteiger partial charge on any atom is 0.411 e. The van der Waals surface area contributed by atoms with Crippen LogP contribution < -0.4 is 10.1 Å². The number of ether oxygens (including phenoxy) is 2. The maximum absolute atomic E-state index is 13.3. The van der Waals surface area contributed by atoms with Crippen molar-refractivity contribution in [2.24, 2.45) is 22.7 Å². The van der Waals surface area contributed by atoms with Crippen molar-refractivity contribution >= 4 is 17.7 Å². The molecule has 2 saturated carbocycles. The summed E-state index contributed by atoms with van der Waals surface area (Å²) in [4.78, 5) is 27.8. The molecule has 1 aromatic rings. The molecule has 0 radical (unpaired) electrons. The highest BCUT2D eigenvalue weighted by molar-refractivity contribution is 5.84. The van der Waals surface area contributed by atoms with E-state index in [1.807, 2.05) is 6.92 Å². The lowest BCUT2D eigenvalue weighted by Crippen LogP contribution is -2.61. The van der Waals surface area contributed by atoms with Gasteiger partial charge in [-0.1, -0.05) is 13.8 Å². The van der Waals surface area contributed by atoms with Gasteiger partial charge in [-0.2, -0.15) is 0 Å². The van der Waals surface area contributed by atoms with Crippen molar-refractivity contribution in [2.45, 2.75) is 77.0 Å². The van der Waals surface area contributed by atoms with Gasteiger partial charge in [0, 0.05) is 24.1 Å². The molecule has 206 valence electrons. The number of nitrogens with zero attached hydrogens (tertiary/aromatic N) is 1. The number of methoxy groups -OCH3 is 1. The predicted octanol–water partition coefficient (Wildman–Crippen LogP) is 3.17. The van der Waals surface area contributed by atoms with Crippen molar-refractivity contribution < 1.29 is 34.4 Å². The number of benzene rings is 1. The van der Waals surface area contributed by atoms with E-state index in [0.29, 0.717) is 43.7 Å². The summed E-state index contributed by atoms with van der Waals surface area (Å²) in [6, 6.07) is 6.82. The number of likely N-dealkylation sites (tertiary alicyclic amines) is 1. The standard InChI is InChI=1S/C28H42N2O7/c1-27-13-12-24(37-26(35)29-18-6-8-20(36-3)9-7-18)28(2,17-32)23(27)11-10-22(33)21(27)15-25(34)30-14-4-5-19(30)16-31/h6-9,19,21-24,31-33H,4-5,10-17H2,1-3H3,(H,29,35)/t19-,21+,22+,23+,24+,27-,28-/m0/s1. The van der Waals surface area contributed by atoms with Crippen LogP contribution in [-0.2, 0) is 9.53 Å². The summed E-state index contributed by atoms with van der Waals surface area (Å²) in [5.74, 6) is 0.359. The molecule has 1 aliphatic heterocycles. The van der Waals surface area contributed by atoms with Crippen LogP contribution in [0.1, 0.15) is 58.8 Å². The van der Waals surface area contributed by atoms with Crippen LogP contribution in [0.2, 0.25) is 0 Å². The quantitative estimate of drug-likeness (QED) is 0.436. The third kappa shape index (κ3) is 5.31. The van der Waals surface area contributed by atoms with E-state index in [9.17, 15) is 24.9 Å². The Hall–Kier alpha value is -2.36. The summed E-state index contributed by atoms with van der Waals surface area (Å²) in [6.07, 6.45) is 2.62. The van der Waals surface area contributed by atoms with Crippen molar-refractivity contribution in [2.75, 3.05) is 32.2 Å². The summed E-state index contributed by atoms with van der Waals surface area (Å²) in [5.41, 5.74) is -0.530. The fraction of sp³-hybridized carbons (Fsp3) is 0.714. The van der Waals surface area contributed by atoms with Gasteiger partial charge in [0.1, 0.15) is 11.9 Å². The zero-order valence-corrected chi connectivity index (χ0v) is 22.2. The molecule has 4 N–H and O–H groups in total. The van der Waals surface area contributed by atoms with Crippen molar-refractivity contribution in [1.82, 2.24) is 4.90 Å². The summed E-state index contributed by atoms with van der Waals surface area (Å²) < 4.78 is 11.1. The highest BCUT2D eigenvalue weighted by atomic mass is 16.6. The van der Waals surface area contributed by atoms with Gasteiger partial charge in [0.2, 0.25) is 5.91 Å². The van der Waals surface area contributed by atoms with Crippen LogP contribution in [0.5, 0.6) is 5.75 Å². The molecule has 4 rings (SSSR count). The molecule has 9 heteroatoms. The minimum atomic E-state index is -0.715. The number of rotatable bonds is 7. The lowest BCUT2D eigenvalue weighted by atomic mass is 9.46. The summed E-state index contributed by atoms with van der Waals surface area (Å²) in [7, 11) is 1.58. The number of aliphatic hydroxyl groups is 3. The van der Waals surface area contributed by atoms with Crippen molar-refractivity contribution in [3.05, 3.63) is 24.3 Å². The van der Waals surface area contributed by atoms with Gasteiger partial charge >= 0.3 is 6.09 Å². The number of fused-ring (bicyclic) bond motifs is 1. The molecule has 0 aromatic heterocycles. The fourth-order valence-electron chi connectivity index (χ4n) is 7.39. The van der Waals surface area contributed by atoms with E-state index in [-0.39, 0.29) is 43.4 Å². The number of anilines is 1. The average molecular weight is 519 g/mol. The highest BCUT2D eigenvalue weighted by Crippen LogP contribution is 2.61. The van der Waals surface area contributed by atoms with E-state index in [4.69, 9.17) is 9.47 Å². The zero-order chi connectivity index (χ0) is 26.8. The number of hydrogen-bond acceptors (Lipinski definition) is 7. The predicted molar refractivity (Wildman–Crippen MR) is 138 cm³/mol. The SMILES string of the molecule is COc1ccc(NC(=O)O[C@@H]2CC[C@]3(C)[C@@H](CC[C@@H](O)[C@H]3CC(=O)N3CCC[C@H]3CO)[C@]2(C)CO)cc1. The largest absolute Gasteiger partial charge is 0.497 e. The molecule has 0 spiro atoms. The van der Waals surface area contributed by atoms with Crippen molar-refractivity contribution in [3.8, 4) is 5.75 Å². The topological polar surface area (TPSA) is 129 Å². The third-order valence-electron chi connectivity index (χ3n) is 9.56. The second kappa shape index (κ2) is 11.2. The maximum atomic E-state index is 13.3. The molecule has 0 bridgehead atoms. The van der Waals surface area contributed by atoms with Gasteiger partial charge < -0.3 is 29.7 Å². The number of carbonyl (C=O) groups excluding carboxylic acids is 2. The molecule has 1 aromatic carbocycles. The van der Waals surface area contributed by atoms with Crippen LogP contribution in [-0.4, -0.2) is 77.3 Å². The Balaban J connectivity index is 1.48. The Labute approximate surface area is 219 Å². The molecular formula is C28H42N2O7. The van der Waals surface area contributed by atoms with Gasteiger partial charge in [-0.25, -0.2) is 4.79 Å². The Morgan fingerprint density at radius 3 is 2.49 bits per heavy atom. The van der Waals surface area contributed by atoms with Crippen molar-refractivity contribution in [3.63, 3.8) is 0 Å². The first kappa shape index (κ1) is 27.7. The molecular weight excluding hydrogens is 476 g/mol. The molecule has 7 atom stereocenters. The van der Waals surface area contributed by atoms with Gasteiger partial charge in [0.25, 0.3) is 0 Å². The second-order valence-electron chi connectivity index (χ2n) is 11.5. The number of amides is 2. The Morgan fingerprint density at radius 2 is 1.84 bits per heavy atom. The van der Waals surface area contributed by atoms with E-state index in [2.05, 4.69) is 12.2 Å². The molecule has 9 nitrogen and oxygen atoms in total. The molecule has 1 saturated heterocycles. The fourth-order valence-corrected chi connectivity index (χ4v) is 7.39. The van der Waals surface area contributed by atoms with Crippen LogP contribution in [0.3, 0.4) is 0 Å². The van der Waals surface area contributed by atoms with Gasteiger partial charge in [-0.15, -0.1) is 0 Å². The molecule has 2 amide bonds. The molecule has 1 heterocycles. The van der Waals surface area contributed by atoms with E-state index >= 15 is 0 Å².